The van der Waals surface area contributed by atoms with Gasteiger partial charge in [-0.3, -0.25) is 9.59 Å². The Bertz CT molecular complexity index is 1180. The van der Waals surface area contributed by atoms with Crippen LogP contribution in [0.5, 0.6) is 5.75 Å². The van der Waals surface area contributed by atoms with E-state index in [1.807, 2.05) is 80.6 Å². The Labute approximate surface area is 186 Å². The fraction of sp³-hybridized carbons (Fsp3) is 0.154. The standard InChI is InChI=1S/C26H23NO3S/c1-17-10-9-14-21(18(17)2)27-25(28)23(20-13-7-8-15-22(20)30-3)24(26(27)29)31-16-19-11-5-4-6-12-19/h4-15H,16H2,1-3H3. The topological polar surface area (TPSA) is 46.6 Å². The molecular formula is C26H23NO3S. The van der Waals surface area contributed by atoms with Gasteiger partial charge >= 0.3 is 0 Å². The highest BCUT2D eigenvalue weighted by Crippen LogP contribution is 2.42. The zero-order valence-electron chi connectivity index (χ0n) is 17.7. The van der Waals surface area contributed by atoms with E-state index < -0.39 is 0 Å². The van der Waals surface area contributed by atoms with Gasteiger partial charge in [-0.1, -0.05) is 60.7 Å². The van der Waals surface area contributed by atoms with Crippen molar-refractivity contribution in [3.05, 3.63) is 100.0 Å². The lowest BCUT2D eigenvalue weighted by molar-refractivity contribution is -0.119. The number of thioether (sulfide) groups is 1. The molecule has 5 heteroatoms. The first-order valence-corrected chi connectivity index (χ1v) is 11.0. The van der Waals surface area contributed by atoms with Crippen molar-refractivity contribution >= 4 is 34.8 Å². The fourth-order valence-electron chi connectivity index (χ4n) is 3.66. The molecule has 1 aliphatic rings. The summed E-state index contributed by atoms with van der Waals surface area (Å²) < 4.78 is 5.51. The summed E-state index contributed by atoms with van der Waals surface area (Å²) in [5.74, 6) is 0.549. The predicted molar refractivity (Wildman–Crippen MR) is 126 cm³/mol. The van der Waals surface area contributed by atoms with Crippen LogP contribution in [-0.4, -0.2) is 18.9 Å². The van der Waals surface area contributed by atoms with E-state index in [4.69, 9.17) is 4.74 Å². The molecule has 156 valence electrons. The van der Waals surface area contributed by atoms with Gasteiger partial charge < -0.3 is 4.74 Å². The van der Waals surface area contributed by atoms with E-state index in [9.17, 15) is 9.59 Å². The quantitative estimate of drug-likeness (QED) is 0.484. The molecule has 1 heterocycles. The Morgan fingerprint density at radius 3 is 2.29 bits per heavy atom. The molecule has 4 rings (SSSR count). The molecule has 0 radical (unpaired) electrons. The first-order chi connectivity index (χ1) is 15.0. The van der Waals surface area contributed by atoms with Crippen LogP contribution in [0.15, 0.2) is 77.7 Å². The zero-order chi connectivity index (χ0) is 22.0. The number of anilines is 1. The number of methoxy groups -OCH3 is 1. The van der Waals surface area contributed by atoms with Gasteiger partial charge in [0.05, 0.1) is 23.3 Å². The number of carbonyl (C=O) groups excluding carboxylic acids is 2. The van der Waals surface area contributed by atoms with Crippen molar-refractivity contribution in [3.8, 4) is 5.75 Å². The highest BCUT2D eigenvalue weighted by molar-refractivity contribution is 8.03. The summed E-state index contributed by atoms with van der Waals surface area (Å²) in [6, 6.07) is 22.9. The minimum absolute atomic E-state index is 0.291. The third-order valence-electron chi connectivity index (χ3n) is 5.46. The van der Waals surface area contributed by atoms with Crippen molar-refractivity contribution in [3.63, 3.8) is 0 Å². The molecule has 0 spiro atoms. The van der Waals surface area contributed by atoms with Crippen molar-refractivity contribution in [1.29, 1.82) is 0 Å². The molecule has 0 bridgehead atoms. The van der Waals surface area contributed by atoms with Crippen LogP contribution >= 0.6 is 11.8 Å². The zero-order valence-corrected chi connectivity index (χ0v) is 18.5. The van der Waals surface area contributed by atoms with Gasteiger partial charge in [-0.25, -0.2) is 4.90 Å². The number of nitrogens with zero attached hydrogens (tertiary/aromatic N) is 1. The minimum Gasteiger partial charge on any atom is -0.496 e. The van der Waals surface area contributed by atoms with E-state index in [-0.39, 0.29) is 11.8 Å². The third kappa shape index (κ3) is 3.89. The average Bonchev–Trinajstić information content (AvgIpc) is 3.04. The maximum absolute atomic E-state index is 13.6. The van der Waals surface area contributed by atoms with E-state index in [1.165, 1.54) is 16.7 Å². The Morgan fingerprint density at radius 2 is 1.55 bits per heavy atom. The van der Waals surface area contributed by atoms with Crippen LogP contribution in [0.25, 0.3) is 5.57 Å². The van der Waals surface area contributed by atoms with E-state index in [1.54, 1.807) is 13.2 Å². The summed E-state index contributed by atoms with van der Waals surface area (Å²) in [4.78, 5) is 29.0. The maximum atomic E-state index is 13.6. The molecule has 31 heavy (non-hydrogen) atoms. The van der Waals surface area contributed by atoms with Gasteiger partial charge in [0.1, 0.15) is 5.75 Å². The number of para-hydroxylation sites is 1. The van der Waals surface area contributed by atoms with Crippen LogP contribution in [0.2, 0.25) is 0 Å². The van der Waals surface area contributed by atoms with Crippen LogP contribution in [0.4, 0.5) is 5.69 Å². The largest absolute Gasteiger partial charge is 0.496 e. The number of hydrogen-bond donors (Lipinski definition) is 0. The van der Waals surface area contributed by atoms with Crippen molar-refractivity contribution in [2.45, 2.75) is 19.6 Å². The van der Waals surface area contributed by atoms with Crippen LogP contribution in [0.1, 0.15) is 22.3 Å². The number of rotatable bonds is 6. The normalized spacial score (nSPS) is 13.8. The smallest absolute Gasteiger partial charge is 0.272 e. The van der Waals surface area contributed by atoms with E-state index >= 15 is 0 Å². The Kier molecular flexibility index (Phi) is 5.96. The molecule has 0 aliphatic carbocycles. The van der Waals surface area contributed by atoms with Gasteiger partial charge in [0.25, 0.3) is 11.8 Å². The van der Waals surface area contributed by atoms with Gasteiger partial charge in [-0.2, -0.15) is 0 Å². The Morgan fingerprint density at radius 1 is 0.839 bits per heavy atom. The van der Waals surface area contributed by atoms with E-state index in [2.05, 4.69) is 0 Å². The first-order valence-electron chi connectivity index (χ1n) is 10.0. The fourth-order valence-corrected chi connectivity index (χ4v) is 4.72. The molecule has 0 saturated heterocycles. The minimum atomic E-state index is -0.321. The van der Waals surface area contributed by atoms with Crippen LogP contribution < -0.4 is 9.64 Å². The highest BCUT2D eigenvalue weighted by atomic mass is 32.2. The molecule has 0 saturated carbocycles. The number of ether oxygens (including phenoxy) is 1. The SMILES string of the molecule is COc1ccccc1C1=C(SCc2ccccc2)C(=O)N(c2cccc(C)c2C)C1=O. The second kappa shape index (κ2) is 8.82. The summed E-state index contributed by atoms with van der Waals surface area (Å²) >= 11 is 1.39. The number of aryl methyl sites for hydroxylation is 1. The lowest BCUT2D eigenvalue weighted by Crippen LogP contribution is -2.32. The summed E-state index contributed by atoms with van der Waals surface area (Å²) in [5, 5.41) is 0. The lowest BCUT2D eigenvalue weighted by atomic mass is 10.0. The number of imide groups is 1. The molecule has 0 N–H and O–H groups in total. The van der Waals surface area contributed by atoms with Crippen LogP contribution in [0.3, 0.4) is 0 Å². The Balaban J connectivity index is 1.82. The molecule has 3 aromatic rings. The maximum Gasteiger partial charge on any atom is 0.272 e. The van der Waals surface area contributed by atoms with Gasteiger partial charge in [0.15, 0.2) is 0 Å². The van der Waals surface area contributed by atoms with Crippen molar-refractivity contribution < 1.29 is 14.3 Å². The second-order valence-corrected chi connectivity index (χ2v) is 8.33. The molecule has 4 nitrogen and oxygen atoms in total. The number of hydrogen-bond acceptors (Lipinski definition) is 4. The summed E-state index contributed by atoms with van der Waals surface area (Å²) in [7, 11) is 1.57. The van der Waals surface area contributed by atoms with Crippen molar-refractivity contribution in [2.75, 3.05) is 12.0 Å². The summed E-state index contributed by atoms with van der Waals surface area (Å²) in [6.45, 7) is 3.91. The monoisotopic (exact) mass is 429 g/mol. The van der Waals surface area contributed by atoms with Crippen molar-refractivity contribution in [2.24, 2.45) is 0 Å². The number of amides is 2. The molecular weight excluding hydrogens is 406 g/mol. The third-order valence-corrected chi connectivity index (χ3v) is 6.61. The average molecular weight is 430 g/mol. The molecule has 3 aromatic carbocycles. The molecule has 0 atom stereocenters. The van der Waals surface area contributed by atoms with Crippen LogP contribution in [-0.2, 0) is 15.3 Å². The molecule has 2 amide bonds. The van der Waals surface area contributed by atoms with Crippen molar-refractivity contribution in [1.82, 2.24) is 0 Å². The molecule has 1 aliphatic heterocycles. The molecule has 0 unspecified atom stereocenters. The summed E-state index contributed by atoms with van der Waals surface area (Å²) in [6.07, 6.45) is 0. The lowest BCUT2D eigenvalue weighted by Gasteiger charge is -2.19. The van der Waals surface area contributed by atoms with Gasteiger partial charge in [0, 0.05) is 11.3 Å². The predicted octanol–water partition coefficient (Wildman–Crippen LogP) is 5.53. The van der Waals surface area contributed by atoms with Crippen LogP contribution in [0, 0.1) is 13.8 Å². The van der Waals surface area contributed by atoms with Gasteiger partial charge in [-0.15, -0.1) is 11.8 Å². The Hall–Kier alpha value is -3.31. The number of benzene rings is 3. The molecule has 0 fully saturated rings. The number of carbonyl (C=O) groups is 2. The highest BCUT2D eigenvalue weighted by Gasteiger charge is 2.41. The van der Waals surface area contributed by atoms with E-state index in [0.717, 1.165) is 16.7 Å². The van der Waals surface area contributed by atoms with Gasteiger partial charge in [0.2, 0.25) is 0 Å². The second-order valence-electron chi connectivity index (χ2n) is 7.34. The van der Waals surface area contributed by atoms with Gasteiger partial charge in [-0.05, 0) is 42.7 Å². The molecule has 0 aromatic heterocycles. The van der Waals surface area contributed by atoms with E-state index in [0.29, 0.717) is 33.2 Å². The summed E-state index contributed by atoms with van der Waals surface area (Å²) in [5.41, 5.74) is 4.68. The first kappa shape index (κ1) is 20.9.